The predicted octanol–water partition coefficient (Wildman–Crippen LogP) is 3.20. The predicted molar refractivity (Wildman–Crippen MR) is 80.1 cm³/mol. The minimum absolute atomic E-state index is 0.192. The second-order valence-electron chi connectivity index (χ2n) is 4.34. The Morgan fingerprint density at radius 3 is 2.82 bits per heavy atom. The number of hydrogen-bond acceptors (Lipinski definition) is 6. The number of rotatable bonds is 5. The van der Waals surface area contributed by atoms with Crippen LogP contribution in [0.15, 0.2) is 46.1 Å². The summed E-state index contributed by atoms with van der Waals surface area (Å²) in [5, 5.41) is 0.620. The van der Waals surface area contributed by atoms with Gasteiger partial charge in [0.1, 0.15) is 17.4 Å². The number of carbonyl (C=O) groups excluding carboxylic acids is 1. The van der Waals surface area contributed by atoms with E-state index in [-0.39, 0.29) is 6.61 Å². The fourth-order valence-corrected chi connectivity index (χ4v) is 2.02. The Bertz CT molecular complexity index is 746. The van der Waals surface area contributed by atoms with Crippen molar-refractivity contribution >= 4 is 17.1 Å². The van der Waals surface area contributed by atoms with E-state index in [1.165, 1.54) is 19.3 Å². The van der Waals surface area contributed by atoms with Gasteiger partial charge in [-0.05, 0) is 25.1 Å². The van der Waals surface area contributed by atoms with Crippen molar-refractivity contribution in [2.45, 2.75) is 13.0 Å². The Balaban J connectivity index is 2.50. The highest BCUT2D eigenvalue weighted by Crippen LogP contribution is 2.28. The van der Waals surface area contributed by atoms with Crippen LogP contribution in [0.5, 0.6) is 5.75 Å². The van der Waals surface area contributed by atoms with Crippen LogP contribution >= 0.6 is 0 Å². The first-order chi connectivity index (χ1) is 10.6. The first kappa shape index (κ1) is 15.6. The maximum absolute atomic E-state index is 11.7. The second kappa shape index (κ2) is 6.80. The van der Waals surface area contributed by atoms with E-state index in [2.05, 4.69) is 6.58 Å². The van der Waals surface area contributed by atoms with Crippen LogP contribution in [0.3, 0.4) is 0 Å². The molecule has 0 bridgehead atoms. The minimum Gasteiger partial charge on any atom is -0.497 e. The van der Waals surface area contributed by atoms with Crippen LogP contribution < -0.4 is 10.4 Å². The van der Waals surface area contributed by atoms with Crippen molar-refractivity contribution in [3.63, 3.8) is 0 Å². The largest absolute Gasteiger partial charge is 0.509 e. The summed E-state index contributed by atoms with van der Waals surface area (Å²) >= 11 is 0. The summed E-state index contributed by atoms with van der Waals surface area (Å²) in [7, 11) is 1.51. The molecule has 0 saturated heterocycles. The lowest BCUT2D eigenvalue weighted by Gasteiger charge is -2.15. The minimum atomic E-state index is -0.831. The molecular formula is C16H16O6. The van der Waals surface area contributed by atoms with Crippen molar-refractivity contribution in [2.24, 2.45) is 0 Å². The molecule has 116 valence electrons. The molecule has 2 rings (SSSR count). The van der Waals surface area contributed by atoms with Crippen LogP contribution in [0, 0.1) is 0 Å². The standard InChI is InChI=1S/C16H16O6/c1-4-13(22-16(18)20-5-2)12-9-15(17)21-14-8-10(19-3)6-7-11(12)14/h4,6-9,13H,1,5H2,2-3H3. The lowest BCUT2D eigenvalue weighted by molar-refractivity contribution is 0.0404. The van der Waals surface area contributed by atoms with Crippen molar-refractivity contribution in [1.82, 2.24) is 0 Å². The summed E-state index contributed by atoms with van der Waals surface area (Å²) in [6.45, 7) is 5.49. The summed E-state index contributed by atoms with van der Waals surface area (Å²) in [5.41, 5.74) is 0.244. The van der Waals surface area contributed by atoms with Gasteiger partial charge in [0.2, 0.25) is 0 Å². The molecule has 1 aromatic heterocycles. The zero-order chi connectivity index (χ0) is 16.1. The van der Waals surface area contributed by atoms with Crippen molar-refractivity contribution in [2.75, 3.05) is 13.7 Å². The third-order valence-electron chi connectivity index (χ3n) is 2.99. The Hall–Kier alpha value is -2.76. The lowest BCUT2D eigenvalue weighted by atomic mass is 10.0. The van der Waals surface area contributed by atoms with Crippen LogP contribution in [0.2, 0.25) is 0 Å². The third kappa shape index (κ3) is 3.28. The Kier molecular flexibility index (Phi) is 4.83. The zero-order valence-corrected chi connectivity index (χ0v) is 12.3. The molecule has 1 unspecified atom stereocenters. The molecule has 0 aliphatic heterocycles. The van der Waals surface area contributed by atoms with Gasteiger partial charge >= 0.3 is 11.8 Å². The van der Waals surface area contributed by atoms with E-state index in [9.17, 15) is 9.59 Å². The number of ether oxygens (including phenoxy) is 3. The maximum Gasteiger partial charge on any atom is 0.509 e. The number of methoxy groups -OCH3 is 1. The van der Waals surface area contributed by atoms with Gasteiger partial charge in [-0.2, -0.15) is 0 Å². The zero-order valence-electron chi connectivity index (χ0n) is 12.3. The van der Waals surface area contributed by atoms with Gasteiger partial charge in [-0.15, -0.1) is 0 Å². The van der Waals surface area contributed by atoms with E-state index in [0.29, 0.717) is 22.3 Å². The summed E-state index contributed by atoms with van der Waals surface area (Å²) in [6.07, 6.45) is -0.239. The average molecular weight is 304 g/mol. The second-order valence-corrected chi connectivity index (χ2v) is 4.34. The van der Waals surface area contributed by atoms with E-state index in [1.807, 2.05) is 0 Å². The highest BCUT2D eigenvalue weighted by atomic mass is 16.7. The fraction of sp³-hybridized carbons (Fsp3) is 0.250. The van der Waals surface area contributed by atoms with Gasteiger partial charge < -0.3 is 18.6 Å². The first-order valence-electron chi connectivity index (χ1n) is 6.66. The molecule has 2 aromatic rings. The highest BCUT2D eigenvalue weighted by Gasteiger charge is 2.19. The molecule has 0 radical (unpaired) electrons. The molecule has 0 spiro atoms. The summed E-state index contributed by atoms with van der Waals surface area (Å²) in [5.74, 6) is 0.550. The Labute approximate surface area is 126 Å². The van der Waals surface area contributed by atoms with E-state index in [4.69, 9.17) is 18.6 Å². The summed E-state index contributed by atoms with van der Waals surface area (Å²) in [4.78, 5) is 23.2. The number of fused-ring (bicyclic) bond motifs is 1. The monoisotopic (exact) mass is 304 g/mol. The van der Waals surface area contributed by atoms with Crippen LogP contribution in [-0.2, 0) is 9.47 Å². The van der Waals surface area contributed by atoms with E-state index < -0.39 is 17.9 Å². The Morgan fingerprint density at radius 2 is 2.18 bits per heavy atom. The van der Waals surface area contributed by atoms with Crippen LogP contribution in [-0.4, -0.2) is 19.9 Å². The smallest absolute Gasteiger partial charge is 0.497 e. The normalized spacial score (nSPS) is 11.7. The van der Waals surface area contributed by atoms with E-state index in [1.54, 1.807) is 25.1 Å². The average Bonchev–Trinajstić information content (AvgIpc) is 2.51. The molecule has 0 N–H and O–H groups in total. The van der Waals surface area contributed by atoms with Crippen molar-refractivity contribution in [3.8, 4) is 5.75 Å². The maximum atomic E-state index is 11.7. The van der Waals surface area contributed by atoms with Gasteiger partial charge in [-0.25, -0.2) is 9.59 Å². The van der Waals surface area contributed by atoms with Gasteiger partial charge in [0.25, 0.3) is 0 Å². The Morgan fingerprint density at radius 1 is 1.41 bits per heavy atom. The van der Waals surface area contributed by atoms with Gasteiger partial charge in [0.05, 0.1) is 13.7 Å². The van der Waals surface area contributed by atoms with E-state index >= 15 is 0 Å². The van der Waals surface area contributed by atoms with Crippen molar-refractivity contribution in [1.29, 1.82) is 0 Å². The molecular weight excluding hydrogens is 288 g/mol. The van der Waals surface area contributed by atoms with Crippen molar-refractivity contribution in [3.05, 3.63) is 52.9 Å². The first-order valence-corrected chi connectivity index (χ1v) is 6.66. The topological polar surface area (TPSA) is 75.0 Å². The van der Waals surface area contributed by atoms with Crippen LogP contribution in [0.25, 0.3) is 11.0 Å². The lowest BCUT2D eigenvalue weighted by Crippen LogP contribution is -2.13. The van der Waals surface area contributed by atoms with Gasteiger partial charge in [-0.1, -0.05) is 6.58 Å². The molecule has 0 aliphatic rings. The molecule has 0 aliphatic carbocycles. The number of benzene rings is 1. The number of hydrogen-bond donors (Lipinski definition) is 0. The molecule has 6 nitrogen and oxygen atoms in total. The molecule has 0 amide bonds. The van der Waals surface area contributed by atoms with Crippen molar-refractivity contribution < 1.29 is 23.4 Å². The third-order valence-corrected chi connectivity index (χ3v) is 2.99. The van der Waals surface area contributed by atoms with Crippen LogP contribution in [0.1, 0.15) is 18.6 Å². The summed E-state index contributed by atoms with van der Waals surface area (Å²) < 4.78 is 20.1. The molecule has 0 saturated carbocycles. The van der Waals surface area contributed by atoms with Gasteiger partial charge in [0, 0.05) is 23.1 Å². The van der Waals surface area contributed by atoms with E-state index in [0.717, 1.165) is 0 Å². The molecule has 1 atom stereocenters. The van der Waals surface area contributed by atoms with Crippen LogP contribution in [0.4, 0.5) is 4.79 Å². The van der Waals surface area contributed by atoms with Gasteiger partial charge in [0.15, 0.2) is 0 Å². The molecule has 6 heteroatoms. The van der Waals surface area contributed by atoms with Gasteiger partial charge in [-0.3, -0.25) is 0 Å². The molecule has 1 heterocycles. The molecule has 22 heavy (non-hydrogen) atoms. The number of carbonyl (C=O) groups is 1. The quantitative estimate of drug-likeness (QED) is 0.480. The highest BCUT2D eigenvalue weighted by molar-refractivity contribution is 5.82. The molecule has 1 aromatic carbocycles. The fourth-order valence-electron chi connectivity index (χ4n) is 2.02. The summed E-state index contributed by atoms with van der Waals surface area (Å²) in [6, 6.07) is 6.29. The SMILES string of the molecule is C=CC(OC(=O)OCC)c1cc(=O)oc2cc(OC)ccc12. The molecule has 0 fully saturated rings.